The largest absolute Gasteiger partial charge is 0.466 e. The number of aryl methyl sites for hydroxylation is 1. The van der Waals surface area contributed by atoms with Crippen LogP contribution in [0.15, 0.2) is 29.2 Å². The zero-order valence-corrected chi connectivity index (χ0v) is 16.3. The summed E-state index contributed by atoms with van der Waals surface area (Å²) in [6.45, 7) is 5.25. The van der Waals surface area contributed by atoms with Crippen LogP contribution < -0.4 is 0 Å². The molecule has 2 aliphatic heterocycles. The maximum Gasteiger partial charge on any atom is 0.306 e. The van der Waals surface area contributed by atoms with Gasteiger partial charge in [-0.1, -0.05) is 24.1 Å². The highest BCUT2D eigenvalue weighted by Gasteiger charge is 2.67. The molecular weight excluding hydrogens is 350 g/mol. The van der Waals surface area contributed by atoms with Gasteiger partial charge in [0.2, 0.25) is 10.0 Å². The number of carbonyl (C=O) groups excluding carboxylic acids is 1. The number of rotatable bonds is 5. The Kier molecular flexibility index (Phi) is 4.39. The van der Waals surface area contributed by atoms with Crippen LogP contribution in [0.2, 0.25) is 0 Å². The number of hydrogen-bond donors (Lipinski definition) is 0. The fraction of sp³-hybridized carbons (Fsp3) is 0.650. The van der Waals surface area contributed by atoms with Crippen LogP contribution in [-0.2, 0) is 19.6 Å². The van der Waals surface area contributed by atoms with Gasteiger partial charge < -0.3 is 4.74 Å². The summed E-state index contributed by atoms with van der Waals surface area (Å²) in [4.78, 5) is 12.3. The number of fused-ring (bicyclic) bond motifs is 2. The lowest BCUT2D eigenvalue weighted by atomic mass is 9.37. The van der Waals surface area contributed by atoms with E-state index in [1.165, 1.54) is 19.3 Å². The predicted molar refractivity (Wildman–Crippen MR) is 97.9 cm³/mol. The fourth-order valence-electron chi connectivity index (χ4n) is 5.52. The smallest absolute Gasteiger partial charge is 0.306 e. The molecule has 2 saturated heterocycles. The summed E-state index contributed by atoms with van der Waals surface area (Å²) in [6.07, 6.45) is 4.02. The molecule has 5 nitrogen and oxygen atoms in total. The highest BCUT2D eigenvalue weighted by molar-refractivity contribution is 7.89. The topological polar surface area (TPSA) is 63.7 Å². The molecule has 142 valence electrons. The minimum absolute atomic E-state index is 0.142. The third-order valence-corrected chi connectivity index (χ3v) is 8.81. The second-order valence-corrected chi connectivity index (χ2v) is 10.0. The second kappa shape index (κ2) is 6.34. The molecule has 6 heteroatoms. The molecule has 2 unspecified atom stereocenters. The van der Waals surface area contributed by atoms with Crippen molar-refractivity contribution >= 4 is 16.0 Å². The average molecular weight is 378 g/mol. The van der Waals surface area contributed by atoms with Crippen molar-refractivity contribution in [3.63, 3.8) is 0 Å². The zero-order valence-electron chi connectivity index (χ0n) is 15.5. The third-order valence-electron chi connectivity index (χ3n) is 6.96. The average Bonchev–Trinajstić information content (AvgIpc) is 2.58. The van der Waals surface area contributed by atoms with E-state index in [0.717, 1.165) is 5.56 Å². The second-order valence-electron chi connectivity index (χ2n) is 8.11. The Morgan fingerprint density at radius 2 is 1.81 bits per heavy atom. The van der Waals surface area contributed by atoms with E-state index in [1.807, 2.05) is 26.0 Å². The molecular formula is C20H27NO4S. The molecule has 4 aliphatic rings. The van der Waals surface area contributed by atoms with Gasteiger partial charge in [-0.15, -0.1) is 0 Å². The Labute approximate surface area is 155 Å². The quantitative estimate of drug-likeness (QED) is 0.740. The van der Waals surface area contributed by atoms with Gasteiger partial charge in [-0.2, -0.15) is 4.31 Å². The highest BCUT2D eigenvalue weighted by atomic mass is 32.2. The molecule has 1 aromatic rings. The molecule has 2 bridgehead atoms. The predicted octanol–water partition coefficient (Wildman–Crippen LogP) is 2.99. The van der Waals surface area contributed by atoms with Crippen molar-refractivity contribution in [2.75, 3.05) is 19.7 Å². The lowest BCUT2D eigenvalue weighted by Crippen LogP contribution is -2.71. The fourth-order valence-corrected chi connectivity index (χ4v) is 7.01. The van der Waals surface area contributed by atoms with Crippen LogP contribution in [0.4, 0.5) is 0 Å². The van der Waals surface area contributed by atoms with Gasteiger partial charge in [0.15, 0.2) is 0 Å². The third kappa shape index (κ3) is 2.61. The van der Waals surface area contributed by atoms with E-state index in [1.54, 1.807) is 16.4 Å². The molecule has 0 aromatic heterocycles. The van der Waals surface area contributed by atoms with Crippen LogP contribution in [-0.4, -0.2) is 38.4 Å². The molecule has 1 spiro atoms. The van der Waals surface area contributed by atoms with Crippen molar-refractivity contribution in [3.05, 3.63) is 29.8 Å². The number of hydrogen-bond acceptors (Lipinski definition) is 4. The van der Waals surface area contributed by atoms with Crippen molar-refractivity contribution in [3.8, 4) is 0 Å². The summed E-state index contributed by atoms with van der Waals surface area (Å²) in [7, 11) is -3.46. The lowest BCUT2D eigenvalue weighted by molar-refractivity contribution is -0.216. The normalized spacial score (nSPS) is 29.7. The maximum absolute atomic E-state index is 13.0. The Morgan fingerprint density at radius 1 is 1.19 bits per heavy atom. The van der Waals surface area contributed by atoms with Crippen LogP contribution in [0.25, 0.3) is 0 Å². The van der Waals surface area contributed by atoms with Crippen molar-refractivity contribution < 1.29 is 17.9 Å². The van der Waals surface area contributed by atoms with E-state index in [0.29, 0.717) is 42.8 Å². The van der Waals surface area contributed by atoms with Crippen molar-refractivity contribution in [1.29, 1.82) is 0 Å². The molecule has 0 amide bonds. The van der Waals surface area contributed by atoms with E-state index in [-0.39, 0.29) is 17.3 Å². The minimum Gasteiger partial charge on any atom is -0.466 e. The number of sulfonamides is 1. The first kappa shape index (κ1) is 18.0. The van der Waals surface area contributed by atoms with Crippen molar-refractivity contribution in [1.82, 2.24) is 4.31 Å². The molecule has 0 radical (unpaired) electrons. The number of ether oxygens (including phenoxy) is 1. The zero-order chi connectivity index (χ0) is 18.5. The molecule has 26 heavy (non-hydrogen) atoms. The molecule has 2 heterocycles. The van der Waals surface area contributed by atoms with Crippen LogP contribution >= 0.6 is 0 Å². The summed E-state index contributed by atoms with van der Waals surface area (Å²) >= 11 is 0. The first-order chi connectivity index (χ1) is 12.4. The molecule has 2 saturated carbocycles. The SMILES string of the molecule is CCOC(=O)CC1C2CN(S(=O)(=O)c3ccc(C)cc3)CC1C21CCC1. The molecule has 0 N–H and O–H groups in total. The van der Waals surface area contributed by atoms with E-state index in [4.69, 9.17) is 4.74 Å². The highest BCUT2D eigenvalue weighted by Crippen LogP contribution is 2.69. The van der Waals surface area contributed by atoms with E-state index >= 15 is 0 Å². The molecule has 5 rings (SSSR count). The van der Waals surface area contributed by atoms with E-state index < -0.39 is 10.0 Å². The van der Waals surface area contributed by atoms with Gasteiger partial charge in [-0.05, 0) is 62.0 Å². The van der Waals surface area contributed by atoms with Gasteiger partial charge in [-0.25, -0.2) is 8.42 Å². The molecule has 2 atom stereocenters. The monoisotopic (exact) mass is 377 g/mol. The Hall–Kier alpha value is -1.40. The Bertz CT molecular complexity index is 782. The van der Waals surface area contributed by atoms with Crippen LogP contribution in [0.5, 0.6) is 0 Å². The summed E-state index contributed by atoms with van der Waals surface area (Å²) in [6, 6.07) is 7.07. The maximum atomic E-state index is 13.0. The van der Waals surface area contributed by atoms with Crippen LogP contribution in [0, 0.1) is 30.1 Å². The number of benzene rings is 1. The summed E-state index contributed by atoms with van der Waals surface area (Å²) < 4.78 is 32.9. The standard InChI is InChI=1S/C20H27NO4S/c1-3-25-19(22)11-16-17-12-21(13-18(16)20(17)9-4-10-20)26(23,24)15-7-5-14(2)6-8-15/h5-8,16-18H,3-4,9-13H2,1-2H3. The van der Waals surface area contributed by atoms with Gasteiger partial charge in [0.05, 0.1) is 11.5 Å². The summed E-state index contributed by atoms with van der Waals surface area (Å²) in [5.41, 5.74) is 1.34. The van der Waals surface area contributed by atoms with Crippen LogP contribution in [0.3, 0.4) is 0 Å². The van der Waals surface area contributed by atoms with Gasteiger partial charge in [0, 0.05) is 19.5 Å². The number of esters is 1. The molecule has 2 aliphatic carbocycles. The molecule has 4 fully saturated rings. The number of nitrogens with zero attached hydrogens (tertiary/aromatic N) is 1. The van der Waals surface area contributed by atoms with Gasteiger partial charge in [0.1, 0.15) is 0 Å². The van der Waals surface area contributed by atoms with E-state index in [2.05, 4.69) is 0 Å². The first-order valence-corrected chi connectivity index (χ1v) is 11.0. The Balaban J connectivity index is 1.53. The minimum atomic E-state index is -3.46. The summed E-state index contributed by atoms with van der Waals surface area (Å²) in [5, 5.41) is 0. The van der Waals surface area contributed by atoms with Crippen LogP contribution in [0.1, 0.15) is 38.2 Å². The van der Waals surface area contributed by atoms with Gasteiger partial charge in [-0.3, -0.25) is 4.79 Å². The number of piperidine rings is 2. The van der Waals surface area contributed by atoms with Crippen molar-refractivity contribution in [2.45, 2.75) is 44.4 Å². The van der Waals surface area contributed by atoms with Crippen molar-refractivity contribution in [2.24, 2.45) is 23.2 Å². The molecule has 1 aromatic carbocycles. The first-order valence-electron chi connectivity index (χ1n) is 9.61. The lowest BCUT2D eigenvalue weighted by Gasteiger charge is -2.70. The van der Waals surface area contributed by atoms with E-state index in [9.17, 15) is 13.2 Å². The van der Waals surface area contributed by atoms with Gasteiger partial charge in [0.25, 0.3) is 0 Å². The summed E-state index contributed by atoms with van der Waals surface area (Å²) in [5.74, 6) is 0.717. The number of carbonyl (C=O) groups is 1. The van der Waals surface area contributed by atoms with Gasteiger partial charge >= 0.3 is 5.97 Å². The Morgan fingerprint density at radius 3 is 2.31 bits per heavy atom.